The van der Waals surface area contributed by atoms with E-state index in [1.54, 1.807) is 17.8 Å². The van der Waals surface area contributed by atoms with Gasteiger partial charge in [0.25, 0.3) is 0 Å². The maximum absolute atomic E-state index is 11.5. The van der Waals surface area contributed by atoms with Crippen molar-refractivity contribution < 1.29 is 18.7 Å². The predicted molar refractivity (Wildman–Crippen MR) is 128 cm³/mol. The van der Waals surface area contributed by atoms with Crippen molar-refractivity contribution in [2.24, 2.45) is 5.92 Å². The third kappa shape index (κ3) is 3.81. The summed E-state index contributed by atoms with van der Waals surface area (Å²) in [6, 6.07) is 12.4. The van der Waals surface area contributed by atoms with Gasteiger partial charge in [-0.05, 0) is 43.5 Å². The number of rotatable bonds is 7. The number of ketones is 1. The minimum Gasteiger partial charge on any atom is -0.476 e. The van der Waals surface area contributed by atoms with Crippen LogP contribution in [0.2, 0.25) is 0 Å². The van der Waals surface area contributed by atoms with Crippen LogP contribution in [0, 0.1) is 5.92 Å². The highest BCUT2D eigenvalue weighted by molar-refractivity contribution is 5.94. The first kappa shape index (κ1) is 21.2. The lowest BCUT2D eigenvalue weighted by atomic mass is 10.1. The maximum Gasteiger partial charge on any atom is 0.231 e. The zero-order valence-electron chi connectivity index (χ0n) is 19.3. The van der Waals surface area contributed by atoms with Gasteiger partial charge in [0.1, 0.15) is 17.1 Å². The van der Waals surface area contributed by atoms with Crippen molar-refractivity contribution in [2.45, 2.75) is 38.1 Å². The van der Waals surface area contributed by atoms with Crippen LogP contribution in [-0.2, 0) is 9.53 Å². The van der Waals surface area contributed by atoms with Gasteiger partial charge in [-0.25, -0.2) is 9.50 Å². The van der Waals surface area contributed by atoms with E-state index in [-0.39, 0.29) is 5.92 Å². The number of aromatic nitrogens is 3. The summed E-state index contributed by atoms with van der Waals surface area (Å²) in [5, 5.41) is 5.74. The van der Waals surface area contributed by atoms with Crippen LogP contribution in [0.5, 0.6) is 5.88 Å². The van der Waals surface area contributed by atoms with E-state index in [9.17, 15) is 4.79 Å². The van der Waals surface area contributed by atoms with Crippen LogP contribution in [0.4, 0.5) is 5.69 Å². The van der Waals surface area contributed by atoms with Crippen LogP contribution < -0.4 is 9.64 Å². The molecule has 0 radical (unpaired) electrons. The van der Waals surface area contributed by atoms with E-state index >= 15 is 0 Å². The average molecular weight is 461 g/mol. The van der Waals surface area contributed by atoms with E-state index in [1.807, 2.05) is 24.3 Å². The molecule has 4 aromatic rings. The fourth-order valence-electron chi connectivity index (χ4n) is 5.28. The molecule has 0 N–H and O–H groups in total. The number of ether oxygens (including phenoxy) is 2. The van der Waals surface area contributed by atoms with Crippen molar-refractivity contribution >= 4 is 28.1 Å². The summed E-state index contributed by atoms with van der Waals surface area (Å²) in [4.78, 5) is 18.5. The second-order valence-corrected chi connectivity index (χ2v) is 9.29. The monoisotopic (exact) mass is 460 g/mol. The highest BCUT2D eigenvalue weighted by Gasteiger charge is 2.27. The molecule has 34 heavy (non-hydrogen) atoms. The molecule has 1 aliphatic carbocycles. The van der Waals surface area contributed by atoms with Crippen molar-refractivity contribution in [3.8, 4) is 17.3 Å². The fraction of sp³-hybridized carbons (Fsp3) is 0.423. The molecule has 0 amide bonds. The van der Waals surface area contributed by atoms with Gasteiger partial charge in [0.05, 0.1) is 25.5 Å². The maximum atomic E-state index is 11.5. The Balaban J connectivity index is 1.31. The Morgan fingerprint density at radius 3 is 2.97 bits per heavy atom. The molecule has 6 rings (SSSR count). The van der Waals surface area contributed by atoms with Crippen molar-refractivity contribution in [1.29, 1.82) is 0 Å². The van der Waals surface area contributed by atoms with Gasteiger partial charge in [-0.1, -0.05) is 6.07 Å². The Bertz CT molecular complexity index is 1340. The summed E-state index contributed by atoms with van der Waals surface area (Å²) in [5.74, 6) is 1.82. The van der Waals surface area contributed by atoms with Crippen LogP contribution in [0.1, 0.15) is 32.1 Å². The smallest absolute Gasteiger partial charge is 0.231 e. The second kappa shape index (κ2) is 8.76. The van der Waals surface area contributed by atoms with Crippen molar-refractivity contribution in [2.75, 3.05) is 31.8 Å². The number of hydrogen-bond acceptors (Lipinski definition) is 7. The van der Waals surface area contributed by atoms with E-state index in [1.165, 1.54) is 5.69 Å². The van der Waals surface area contributed by atoms with Gasteiger partial charge >= 0.3 is 0 Å². The summed E-state index contributed by atoms with van der Waals surface area (Å²) in [5.41, 5.74) is 3.50. The minimum absolute atomic E-state index is 0.272. The molecule has 176 valence electrons. The summed E-state index contributed by atoms with van der Waals surface area (Å²) in [7, 11) is 1.76. The van der Waals surface area contributed by atoms with Gasteiger partial charge in [0.15, 0.2) is 11.4 Å². The first-order chi connectivity index (χ1) is 16.7. The first-order valence-corrected chi connectivity index (χ1v) is 12.0. The summed E-state index contributed by atoms with van der Waals surface area (Å²) >= 11 is 0. The number of imidazole rings is 1. The summed E-state index contributed by atoms with van der Waals surface area (Å²) < 4.78 is 19.4. The van der Waals surface area contributed by atoms with Crippen molar-refractivity contribution in [1.82, 2.24) is 14.6 Å². The van der Waals surface area contributed by atoms with Gasteiger partial charge in [0, 0.05) is 49.6 Å². The molecule has 2 atom stereocenters. The normalized spacial score (nSPS) is 20.7. The van der Waals surface area contributed by atoms with Crippen LogP contribution in [-0.4, -0.2) is 53.3 Å². The van der Waals surface area contributed by atoms with E-state index in [0.717, 1.165) is 54.7 Å². The number of carbonyl (C=O) groups excluding carboxylic acids is 1. The Kier molecular flexibility index (Phi) is 5.45. The lowest BCUT2D eigenvalue weighted by molar-refractivity contribution is -0.117. The molecule has 0 spiro atoms. The number of furan rings is 1. The predicted octanol–water partition coefficient (Wildman–Crippen LogP) is 4.51. The van der Waals surface area contributed by atoms with Crippen molar-refractivity contribution in [3.05, 3.63) is 42.6 Å². The van der Waals surface area contributed by atoms with Gasteiger partial charge in [-0.2, -0.15) is 0 Å². The summed E-state index contributed by atoms with van der Waals surface area (Å²) in [6.45, 7) is 2.23. The summed E-state index contributed by atoms with van der Waals surface area (Å²) in [6.07, 6.45) is 6.21. The molecular weight excluding hydrogens is 432 g/mol. The molecule has 0 bridgehead atoms. The molecule has 1 aromatic carbocycles. The molecule has 1 saturated carbocycles. The standard InChI is InChI=1S/C26H28N4O4/c1-32-16-18-4-3-11-29(18)21-5-2-6-23-20(21)13-24(34-23)22-14-27-25-9-10-26(28-30(22)25)33-15-17-7-8-19(31)12-17/h2,5-6,9-10,13-14,17-18H,3-4,7-8,11-12,15-16H2,1H3/t17-,18+/m0/s1. The number of anilines is 1. The topological polar surface area (TPSA) is 82.1 Å². The third-order valence-electron chi connectivity index (χ3n) is 6.99. The fourth-order valence-corrected chi connectivity index (χ4v) is 5.28. The van der Waals surface area contributed by atoms with Crippen LogP contribution in [0.25, 0.3) is 28.1 Å². The van der Waals surface area contributed by atoms with Gasteiger partial charge in [-0.3, -0.25) is 4.79 Å². The number of carbonyl (C=O) groups is 1. The molecule has 2 aliphatic rings. The highest BCUT2D eigenvalue weighted by Crippen LogP contribution is 2.37. The number of nitrogens with zero attached hydrogens (tertiary/aromatic N) is 4. The number of Topliss-reactive ketones (excluding diaryl/α,β-unsaturated/α-hetero) is 1. The van der Waals surface area contributed by atoms with Crippen LogP contribution >= 0.6 is 0 Å². The average Bonchev–Trinajstić information content (AvgIpc) is 3.63. The highest BCUT2D eigenvalue weighted by atomic mass is 16.5. The Hall–Kier alpha value is -3.39. The van der Waals surface area contributed by atoms with Crippen LogP contribution in [0.3, 0.4) is 0 Å². The zero-order chi connectivity index (χ0) is 23.1. The quantitative estimate of drug-likeness (QED) is 0.401. The Labute approximate surface area is 197 Å². The van der Waals surface area contributed by atoms with E-state index in [2.05, 4.69) is 27.1 Å². The van der Waals surface area contributed by atoms with E-state index < -0.39 is 0 Å². The first-order valence-electron chi connectivity index (χ1n) is 12.0. The molecule has 8 heteroatoms. The Morgan fingerprint density at radius 1 is 1.18 bits per heavy atom. The van der Waals surface area contributed by atoms with Gasteiger partial charge in [0.2, 0.25) is 5.88 Å². The molecule has 1 saturated heterocycles. The molecule has 2 fully saturated rings. The number of methoxy groups -OCH3 is 1. The number of hydrogen-bond donors (Lipinski definition) is 0. The molecule has 3 aromatic heterocycles. The minimum atomic E-state index is 0.272. The van der Waals surface area contributed by atoms with Gasteiger partial charge < -0.3 is 18.8 Å². The molecule has 8 nitrogen and oxygen atoms in total. The molecule has 0 unspecified atom stereocenters. The van der Waals surface area contributed by atoms with E-state index in [0.29, 0.717) is 42.9 Å². The SMILES string of the molecule is COC[C@H]1CCCN1c1cccc2oc(-c3cnc4ccc(OC[C@H]5CCC(=O)C5)nn34)cc12. The lowest BCUT2D eigenvalue weighted by Gasteiger charge is -2.26. The largest absolute Gasteiger partial charge is 0.476 e. The lowest BCUT2D eigenvalue weighted by Crippen LogP contribution is -2.32. The Morgan fingerprint density at radius 2 is 2.12 bits per heavy atom. The zero-order valence-corrected chi connectivity index (χ0v) is 19.3. The van der Waals surface area contributed by atoms with Crippen molar-refractivity contribution in [3.63, 3.8) is 0 Å². The second-order valence-electron chi connectivity index (χ2n) is 9.29. The molecular formula is C26H28N4O4. The number of fused-ring (bicyclic) bond motifs is 2. The molecule has 1 aliphatic heterocycles. The number of benzene rings is 1. The molecule has 4 heterocycles. The van der Waals surface area contributed by atoms with Crippen LogP contribution in [0.15, 0.2) is 47.0 Å². The van der Waals surface area contributed by atoms with Gasteiger partial charge in [-0.15, -0.1) is 5.10 Å². The third-order valence-corrected chi connectivity index (χ3v) is 6.99. The van der Waals surface area contributed by atoms with E-state index in [4.69, 9.17) is 13.9 Å².